The molecule has 752 valence electrons. The fraction of sp³-hybridized carbons (Fsp3) is 0.0476. The third-order valence-corrected chi connectivity index (χ3v) is 20.9. The van der Waals surface area contributed by atoms with E-state index < -0.39 is 55.7 Å². The van der Waals surface area contributed by atoms with Crippen molar-refractivity contribution >= 4 is 170 Å². The Labute approximate surface area is 847 Å². The van der Waals surface area contributed by atoms with Crippen molar-refractivity contribution in [3.05, 3.63) is 381 Å². The number of hydrogen-bond acceptors (Lipinski definition) is 20. The van der Waals surface area contributed by atoms with Gasteiger partial charge in [-0.15, -0.1) is 0 Å². The van der Waals surface area contributed by atoms with E-state index in [1.165, 1.54) is 48.5 Å². The van der Waals surface area contributed by atoms with Crippen LogP contribution in [0.1, 0.15) is 22.3 Å². The summed E-state index contributed by atoms with van der Waals surface area (Å²) < 4.78 is 264. The maximum Gasteiger partial charge on any atom is 2.00 e. The van der Waals surface area contributed by atoms with Gasteiger partial charge in [0.15, 0.2) is 0 Å². The van der Waals surface area contributed by atoms with Crippen LogP contribution in [0.15, 0.2) is 311 Å². The monoisotopic (exact) mass is 2280 g/mol. The third kappa shape index (κ3) is 46.5. The molecule has 0 saturated heterocycles. The topological polar surface area (TPSA) is 547 Å². The average molecular weight is 2290 g/mol. The van der Waals surface area contributed by atoms with E-state index in [4.69, 9.17) is 18.6 Å². The average Bonchev–Trinajstić information content (AvgIpc) is 0.788. The summed E-state index contributed by atoms with van der Waals surface area (Å²) in [5.41, 5.74) is 5.31. The summed E-state index contributed by atoms with van der Waals surface area (Å²) >= 11 is 0. The molecule has 34 nitrogen and oxygen atoms in total. The molecule has 57 heteroatoms. The Morgan fingerprint density at radius 3 is 0.504 bits per heavy atom. The van der Waals surface area contributed by atoms with Crippen LogP contribution >= 0.6 is 15.6 Å². The molecule has 0 radical (unpaired) electrons. The van der Waals surface area contributed by atoms with Crippen molar-refractivity contribution in [2.45, 2.75) is 47.3 Å². The van der Waals surface area contributed by atoms with Gasteiger partial charge in [-0.1, -0.05) is 192 Å². The van der Waals surface area contributed by atoms with Crippen molar-refractivity contribution in [3.63, 3.8) is 0 Å². The van der Waals surface area contributed by atoms with Gasteiger partial charge in [0.1, 0.15) is 0 Å². The Morgan fingerprint density at radius 1 is 0.220 bits per heavy atom. The van der Waals surface area contributed by atoms with E-state index in [2.05, 4.69) is 127 Å². The van der Waals surface area contributed by atoms with Crippen LogP contribution in [0.2, 0.25) is 0 Å². The van der Waals surface area contributed by atoms with Crippen molar-refractivity contribution < 1.29 is 196 Å². The number of benzene rings is 4. The van der Waals surface area contributed by atoms with Crippen LogP contribution in [-0.4, -0.2) is 104 Å². The minimum Gasteiger partial charge on any atom is 2.00 e. The number of pyridine rings is 12. The minimum atomic E-state index is -10.7. The predicted octanol–water partition coefficient (Wildman–Crippen LogP) is 25.2. The van der Waals surface area contributed by atoms with Crippen LogP contribution in [0.4, 0.5) is 120 Å². The molecule has 0 aliphatic rings. The predicted molar refractivity (Wildman–Crippen MR) is 481 cm³/mol. The van der Waals surface area contributed by atoms with Crippen LogP contribution in [0.5, 0.6) is 0 Å². The zero-order valence-corrected chi connectivity index (χ0v) is 81.2. The zero-order valence-electron chi connectivity index (χ0n) is 71.2. The van der Waals surface area contributed by atoms with Gasteiger partial charge >= 0.3 is 194 Å². The molecule has 0 aliphatic carbocycles. The molecule has 0 atom stereocenters. The Morgan fingerprint density at radius 2 is 0.362 bits per heavy atom. The van der Waals surface area contributed by atoms with Gasteiger partial charge in [0.25, 0.3) is 0 Å². The van der Waals surface area contributed by atoms with Gasteiger partial charge in [0.2, 0.25) is 40.1 Å². The van der Waals surface area contributed by atoms with E-state index >= 15 is 0 Å². The van der Waals surface area contributed by atoms with E-state index in [1.807, 2.05) is 76.2 Å². The number of rotatable bonds is 20. The first-order chi connectivity index (χ1) is 62.9. The number of hydrogen-bond donors (Lipinski definition) is 0. The number of halogens is 12. The van der Waals surface area contributed by atoms with Gasteiger partial charge in [-0.3, -0.25) is 0 Å². The number of aromatic nitrogens is 12. The second kappa shape index (κ2) is 54.3. The Hall–Kier alpha value is -12.7. The fourth-order valence-electron chi connectivity index (χ4n) is 10.1. The SMILES string of the molecule is Cc1ccc(S(=O)(=O)[N-]c2ccc3ccc([N-]c4ccccn4)nc3n2)cc1.Cc1ccc(S(=O)(=O)[N-]c2ccc3ccc([N-]c4ccccn4)nc3n2)cc1.Cc1ccc(S(=O)(=O)[N-]c2ccc3ccc([N-]c4ccccn4)nc3n2)cc1.Cc1ccc(S(=O)(=O)[N-]c2ccc3ccc([N-]c4ccccn4)nc3n2)cc1.F[P-](F)(F)(F)(F)F.F[P-](F)(F)(F)(F)F.O.O.[C-]#[O+].[C-]#[O+].[C-]#[O+].[C-]#[O+].[Ni+2].[Ni+2].[Ni+2].[Ni+2].[Ni+2]. The Balaban J connectivity index is 0.00000170. The van der Waals surface area contributed by atoms with E-state index in [1.54, 1.807) is 195 Å². The smallest absolute Gasteiger partial charge is 2.00 e. The van der Waals surface area contributed by atoms with Gasteiger partial charge in [-0.2, -0.15) is 0 Å². The van der Waals surface area contributed by atoms with Crippen LogP contribution in [0.3, 0.4) is 0 Å². The molecule has 0 spiro atoms. The van der Waals surface area contributed by atoms with Gasteiger partial charge in [-0.05, 0) is 217 Å². The molecule has 0 unspecified atom stereocenters. The van der Waals surface area contributed by atoms with E-state index in [0.29, 0.717) is 69.1 Å². The van der Waals surface area contributed by atoms with Crippen molar-refractivity contribution in [1.82, 2.24) is 59.8 Å². The van der Waals surface area contributed by atoms with Crippen LogP contribution in [0, 0.1) is 54.3 Å². The van der Waals surface area contributed by atoms with Crippen molar-refractivity contribution in [2.24, 2.45) is 0 Å². The molecular formula is C84H64F12N20Ni5O14P2S4. The van der Waals surface area contributed by atoms with Gasteiger partial charge in [0.05, 0.1) is 19.6 Å². The number of nitrogens with zero attached hydrogens (tertiary/aromatic N) is 20. The summed E-state index contributed by atoms with van der Waals surface area (Å²) in [6.07, 6.45) is 6.58. The van der Waals surface area contributed by atoms with E-state index in [-0.39, 0.29) is 136 Å². The maximum atomic E-state index is 12.5. The molecule has 0 fully saturated rings. The van der Waals surface area contributed by atoms with Gasteiger partial charge in [-0.25, -0.2) is 33.7 Å². The summed E-state index contributed by atoms with van der Waals surface area (Å²) in [6, 6.07) is 74.9. The van der Waals surface area contributed by atoms with Crippen molar-refractivity contribution in [1.29, 1.82) is 0 Å². The van der Waals surface area contributed by atoms with E-state index in [0.717, 1.165) is 43.8 Å². The van der Waals surface area contributed by atoms with Gasteiger partial charge < -0.3 is 111 Å². The van der Waals surface area contributed by atoms with E-state index in [9.17, 15) is 84.0 Å². The normalized spacial score (nSPS) is 11.3. The molecule has 0 amide bonds. The summed E-state index contributed by atoms with van der Waals surface area (Å²) in [6.45, 7) is 25.5. The fourth-order valence-corrected chi connectivity index (χ4v) is 13.8. The number of fused-ring (bicyclic) bond motifs is 4. The third-order valence-electron chi connectivity index (χ3n) is 15.7. The number of aryl methyl sites for hydroxylation is 4. The molecule has 4 N–H and O–H groups in total. The summed E-state index contributed by atoms with van der Waals surface area (Å²) in [4.78, 5) is 51.6. The first-order valence-electron chi connectivity index (χ1n) is 36.6. The quantitative estimate of drug-likeness (QED) is 0.0225. The largest absolute Gasteiger partial charge is 2.00 e. The minimum absolute atomic E-state index is 0. The second-order valence-electron chi connectivity index (χ2n) is 26.2. The standard InChI is InChI=1S/4C20H15N5O2S.4CO.2F6P.5Ni.2H2O/c4*1-14-5-9-16(10-6-14)28(26,27)25-19-12-8-15-7-11-18(23-20(15)24-19)22-17-4-2-3-13-21-17;4*1-2;2*1-7(2,3,4,5)6;;;;;;;/h4*2-13H,1H3;;;;;;;;;;;;2*1H2/q4*-2;;;;;2*-1;5*+2;;. The molecular weight excluding hydrogens is 2220 g/mol. The van der Waals surface area contributed by atoms with Crippen molar-refractivity contribution in [2.75, 3.05) is 0 Å². The summed E-state index contributed by atoms with van der Waals surface area (Å²) in [7, 11) is -36.7. The molecule has 12 heterocycles. The van der Waals surface area contributed by atoms with Crippen LogP contribution < -0.4 is 0 Å². The maximum absolute atomic E-state index is 12.5. The molecule has 16 aromatic rings. The Kier molecular flexibility index (Phi) is 49.4. The van der Waals surface area contributed by atoms with Gasteiger partial charge in [0, 0.05) is 46.5 Å². The molecule has 0 bridgehead atoms. The molecule has 16 rings (SSSR count). The van der Waals surface area contributed by atoms with Crippen LogP contribution in [0.25, 0.3) is 84.3 Å². The molecule has 0 aliphatic heterocycles. The second-order valence-corrected chi connectivity index (χ2v) is 36.4. The zero-order chi connectivity index (χ0) is 99.1. The molecule has 4 aromatic carbocycles. The number of sulfonamides is 4. The first-order valence-corrected chi connectivity index (χ1v) is 46.5. The van der Waals surface area contributed by atoms with Crippen LogP contribution in [-0.2, 0) is 141 Å². The van der Waals surface area contributed by atoms with Crippen molar-refractivity contribution in [3.8, 4) is 0 Å². The Bertz CT molecular complexity index is 6490. The summed E-state index contributed by atoms with van der Waals surface area (Å²) in [5.74, 6) is 4.07. The summed E-state index contributed by atoms with van der Waals surface area (Å²) in [5, 5.41) is 20.4. The first kappa shape index (κ1) is 128. The molecule has 0 saturated carbocycles. The molecule has 141 heavy (non-hydrogen) atoms. The molecule has 12 aromatic heterocycles.